The summed E-state index contributed by atoms with van der Waals surface area (Å²) in [5.74, 6) is -2.75. The van der Waals surface area contributed by atoms with Crippen LogP contribution in [0.5, 0.6) is 0 Å². The molecule has 106 valence electrons. The third-order valence-electron chi connectivity index (χ3n) is 2.31. The second-order valence-corrected chi connectivity index (χ2v) is 3.79. The molecule has 2 N–H and O–H groups in total. The topological polar surface area (TPSA) is 110 Å². The Kier molecular flexibility index (Phi) is 4.90. The van der Waals surface area contributed by atoms with Crippen molar-refractivity contribution in [1.82, 2.24) is 5.32 Å². The number of carbonyl (C=O) groups excluding carboxylic acids is 1. The second-order valence-electron chi connectivity index (χ2n) is 3.79. The molecule has 1 rings (SSSR count). The molecular formula is C12H11FN2O5. The van der Waals surface area contributed by atoms with Crippen molar-refractivity contribution in [3.8, 4) is 0 Å². The molecule has 1 aromatic carbocycles. The minimum atomic E-state index is -1.58. The molecule has 20 heavy (non-hydrogen) atoms. The van der Waals surface area contributed by atoms with Crippen molar-refractivity contribution in [2.75, 3.05) is 6.54 Å². The number of nitro benzene ring substituents is 1. The number of carboxylic acid groups (broad SMARTS) is 1. The first-order valence-corrected chi connectivity index (χ1v) is 5.45. The molecule has 0 saturated carbocycles. The third kappa shape index (κ3) is 3.87. The van der Waals surface area contributed by atoms with E-state index in [1.165, 1.54) is 19.1 Å². The number of rotatable bonds is 5. The number of carboxylic acids is 1. The van der Waals surface area contributed by atoms with Crippen molar-refractivity contribution in [1.29, 1.82) is 0 Å². The Bertz CT molecular complexity index is 598. The van der Waals surface area contributed by atoms with Crippen LogP contribution in [0.3, 0.4) is 0 Å². The van der Waals surface area contributed by atoms with Crippen LogP contribution in [0.1, 0.15) is 22.8 Å². The Morgan fingerprint density at radius 3 is 2.65 bits per heavy atom. The molecule has 0 aliphatic heterocycles. The van der Waals surface area contributed by atoms with Gasteiger partial charge in [-0.25, -0.2) is 9.18 Å². The number of nitrogens with zero attached hydrogens (tertiary/aromatic N) is 1. The zero-order valence-corrected chi connectivity index (χ0v) is 10.4. The number of halogens is 1. The summed E-state index contributed by atoms with van der Waals surface area (Å²) >= 11 is 0. The molecule has 1 aromatic rings. The van der Waals surface area contributed by atoms with Gasteiger partial charge in [0.05, 0.1) is 4.92 Å². The monoisotopic (exact) mass is 282 g/mol. The summed E-state index contributed by atoms with van der Waals surface area (Å²) in [5.41, 5.74) is -1.54. The van der Waals surface area contributed by atoms with Crippen LogP contribution in [-0.2, 0) is 4.79 Å². The minimum absolute atomic E-state index is 0.128. The summed E-state index contributed by atoms with van der Waals surface area (Å²) in [4.78, 5) is 31.3. The van der Waals surface area contributed by atoms with Crippen LogP contribution in [0.25, 0.3) is 6.08 Å². The van der Waals surface area contributed by atoms with Crippen LogP contribution in [0.4, 0.5) is 10.1 Å². The predicted molar refractivity (Wildman–Crippen MR) is 67.7 cm³/mol. The van der Waals surface area contributed by atoms with Gasteiger partial charge in [0.25, 0.3) is 5.69 Å². The number of aromatic carboxylic acids is 1. The first kappa shape index (κ1) is 15.3. The highest BCUT2D eigenvalue weighted by Crippen LogP contribution is 2.24. The molecule has 0 bridgehead atoms. The van der Waals surface area contributed by atoms with E-state index in [-0.39, 0.29) is 18.0 Å². The van der Waals surface area contributed by atoms with E-state index in [2.05, 4.69) is 5.32 Å². The smallest absolute Gasteiger partial charge is 0.342 e. The highest BCUT2D eigenvalue weighted by Gasteiger charge is 2.22. The van der Waals surface area contributed by atoms with Gasteiger partial charge in [0.1, 0.15) is 11.4 Å². The van der Waals surface area contributed by atoms with Gasteiger partial charge < -0.3 is 10.4 Å². The highest BCUT2D eigenvalue weighted by molar-refractivity contribution is 5.92. The zero-order valence-electron chi connectivity index (χ0n) is 10.4. The van der Waals surface area contributed by atoms with E-state index in [1.807, 2.05) is 0 Å². The highest BCUT2D eigenvalue weighted by atomic mass is 19.1. The average molecular weight is 282 g/mol. The predicted octanol–water partition coefficient (Wildman–Crippen LogP) is 1.58. The third-order valence-corrected chi connectivity index (χ3v) is 2.31. The van der Waals surface area contributed by atoms with Gasteiger partial charge in [-0.1, -0.05) is 12.2 Å². The van der Waals surface area contributed by atoms with Gasteiger partial charge in [-0.2, -0.15) is 0 Å². The largest absolute Gasteiger partial charge is 0.477 e. The lowest BCUT2D eigenvalue weighted by Crippen LogP contribution is -2.19. The number of carbonyl (C=O) groups is 2. The number of nitro groups is 1. The summed E-state index contributed by atoms with van der Waals surface area (Å²) in [6, 6.07) is 1.43. The molecule has 0 aromatic heterocycles. The Labute approximate surface area is 112 Å². The molecular weight excluding hydrogens is 271 g/mol. The molecule has 0 radical (unpaired) electrons. The molecule has 0 saturated heterocycles. The van der Waals surface area contributed by atoms with E-state index in [0.717, 1.165) is 6.07 Å². The first-order valence-electron chi connectivity index (χ1n) is 5.45. The summed E-state index contributed by atoms with van der Waals surface area (Å²) < 4.78 is 13.6. The molecule has 0 unspecified atom stereocenters. The van der Waals surface area contributed by atoms with E-state index in [0.29, 0.717) is 6.07 Å². The van der Waals surface area contributed by atoms with E-state index >= 15 is 0 Å². The summed E-state index contributed by atoms with van der Waals surface area (Å²) in [5, 5.41) is 21.9. The average Bonchev–Trinajstić information content (AvgIpc) is 2.34. The first-order chi connectivity index (χ1) is 9.32. The number of benzene rings is 1. The van der Waals surface area contributed by atoms with Crippen LogP contribution in [0, 0.1) is 15.9 Å². The standard InChI is InChI=1S/C12H11FN2O5/c1-7(16)14-4-2-3-8-5-11(15(19)20)9(12(17)18)6-10(8)13/h2-3,5-6H,4H2,1H3,(H,14,16)(H,17,18). The van der Waals surface area contributed by atoms with Gasteiger partial charge in [0.2, 0.25) is 5.91 Å². The van der Waals surface area contributed by atoms with Gasteiger partial charge >= 0.3 is 5.97 Å². The lowest BCUT2D eigenvalue weighted by Gasteiger charge is -2.02. The summed E-state index contributed by atoms with van der Waals surface area (Å²) in [6.07, 6.45) is 2.62. The molecule has 0 aliphatic rings. The van der Waals surface area contributed by atoms with Crippen molar-refractivity contribution >= 4 is 23.6 Å². The normalized spacial score (nSPS) is 10.5. The second kappa shape index (κ2) is 6.41. The van der Waals surface area contributed by atoms with Crippen molar-refractivity contribution in [3.05, 3.63) is 45.3 Å². The van der Waals surface area contributed by atoms with E-state index in [9.17, 15) is 24.1 Å². The fraction of sp³-hybridized carbons (Fsp3) is 0.167. The van der Waals surface area contributed by atoms with Gasteiger partial charge in [0, 0.05) is 25.1 Å². The fourth-order valence-electron chi connectivity index (χ4n) is 1.42. The number of amides is 1. The van der Waals surface area contributed by atoms with Gasteiger partial charge in [0.15, 0.2) is 0 Å². The molecule has 0 aliphatic carbocycles. The van der Waals surface area contributed by atoms with Crippen LogP contribution in [-0.4, -0.2) is 28.5 Å². The van der Waals surface area contributed by atoms with E-state index in [1.54, 1.807) is 0 Å². The molecule has 0 spiro atoms. The van der Waals surface area contributed by atoms with E-state index in [4.69, 9.17) is 5.11 Å². The molecule has 7 nitrogen and oxygen atoms in total. The van der Waals surface area contributed by atoms with Crippen molar-refractivity contribution < 1.29 is 24.0 Å². The van der Waals surface area contributed by atoms with Crippen molar-refractivity contribution in [3.63, 3.8) is 0 Å². The Morgan fingerprint density at radius 2 is 2.15 bits per heavy atom. The summed E-state index contributed by atoms with van der Waals surface area (Å²) in [7, 11) is 0. The maximum Gasteiger partial charge on any atom is 0.342 e. The Balaban J connectivity index is 3.09. The molecule has 0 fully saturated rings. The SMILES string of the molecule is CC(=O)NCC=Cc1cc([N+](=O)[O-])c(C(=O)O)cc1F. The minimum Gasteiger partial charge on any atom is -0.477 e. The van der Waals surface area contributed by atoms with Gasteiger partial charge in [-0.15, -0.1) is 0 Å². The maximum atomic E-state index is 13.6. The lowest BCUT2D eigenvalue weighted by atomic mass is 10.1. The molecule has 0 atom stereocenters. The molecule has 1 amide bonds. The van der Waals surface area contributed by atoms with Gasteiger partial charge in [-0.3, -0.25) is 14.9 Å². The van der Waals surface area contributed by atoms with E-state index < -0.39 is 28.0 Å². The fourth-order valence-corrected chi connectivity index (χ4v) is 1.42. The quantitative estimate of drug-likeness (QED) is 0.629. The molecule has 8 heteroatoms. The lowest BCUT2D eigenvalue weighted by molar-refractivity contribution is -0.385. The number of nitrogens with one attached hydrogen (secondary N) is 1. The van der Waals surface area contributed by atoms with Crippen LogP contribution in [0.15, 0.2) is 18.2 Å². The van der Waals surface area contributed by atoms with Crippen molar-refractivity contribution in [2.24, 2.45) is 0 Å². The van der Waals surface area contributed by atoms with Gasteiger partial charge in [-0.05, 0) is 6.07 Å². The maximum absolute atomic E-state index is 13.6. The molecule has 0 heterocycles. The Morgan fingerprint density at radius 1 is 1.50 bits per heavy atom. The van der Waals surface area contributed by atoms with Crippen LogP contribution < -0.4 is 5.32 Å². The Hall–Kier alpha value is -2.77. The van der Waals surface area contributed by atoms with Crippen LogP contribution in [0.2, 0.25) is 0 Å². The van der Waals surface area contributed by atoms with Crippen molar-refractivity contribution in [2.45, 2.75) is 6.92 Å². The zero-order chi connectivity index (χ0) is 15.3. The summed E-state index contributed by atoms with van der Waals surface area (Å²) in [6.45, 7) is 1.43. The van der Waals surface area contributed by atoms with Crippen LogP contribution >= 0.6 is 0 Å². The number of hydrogen-bond donors (Lipinski definition) is 2. The number of hydrogen-bond acceptors (Lipinski definition) is 4.